The molecule has 0 radical (unpaired) electrons. The Morgan fingerprint density at radius 2 is 1.71 bits per heavy atom. The molecule has 1 saturated heterocycles. The van der Waals surface area contributed by atoms with E-state index in [0.29, 0.717) is 23.5 Å². The van der Waals surface area contributed by atoms with Crippen LogP contribution in [-0.4, -0.2) is 63.1 Å². The normalized spacial score (nSPS) is 16.0. The van der Waals surface area contributed by atoms with Gasteiger partial charge in [-0.15, -0.1) is 0 Å². The van der Waals surface area contributed by atoms with Gasteiger partial charge in [-0.05, 0) is 68.1 Å². The number of benzene rings is 2. The maximum atomic E-state index is 13.4. The Morgan fingerprint density at radius 1 is 1.04 bits per heavy atom. The molecule has 11 nitrogen and oxygen atoms in total. The minimum absolute atomic E-state index is 0.0213. The predicted octanol–water partition coefficient (Wildman–Crippen LogP) is 3.96. The number of Topliss-reactive ketones (excluding diaryl/α,β-unsaturated/α-hetero) is 1. The van der Waals surface area contributed by atoms with E-state index in [9.17, 15) is 29.1 Å². The first-order valence-electron chi connectivity index (χ1n) is 14.5. The number of aromatic nitrogens is 1. The van der Waals surface area contributed by atoms with Crippen molar-refractivity contribution in [2.24, 2.45) is 5.92 Å². The fourth-order valence-electron chi connectivity index (χ4n) is 4.71. The van der Waals surface area contributed by atoms with Crippen LogP contribution in [0.1, 0.15) is 58.3 Å². The van der Waals surface area contributed by atoms with Crippen molar-refractivity contribution in [3.05, 3.63) is 93.2 Å². The second kappa shape index (κ2) is 15.0. The van der Waals surface area contributed by atoms with Crippen LogP contribution in [0.25, 0.3) is 6.08 Å². The zero-order chi connectivity index (χ0) is 32.7. The topological polar surface area (TPSA) is 159 Å². The van der Waals surface area contributed by atoms with E-state index >= 15 is 0 Å². The lowest BCUT2D eigenvalue weighted by Gasteiger charge is -2.23. The quantitative estimate of drug-likeness (QED) is 0.237. The first-order chi connectivity index (χ1) is 21.4. The van der Waals surface area contributed by atoms with E-state index in [1.54, 1.807) is 13.0 Å². The monoisotopic (exact) mass is 632 g/mol. The van der Waals surface area contributed by atoms with Crippen molar-refractivity contribution >= 4 is 46.6 Å². The number of thioether (sulfide) groups is 1. The number of carbonyl (C=O) groups excluding carboxylic acids is 5. The third-order valence-electron chi connectivity index (χ3n) is 7.43. The molecule has 3 N–H and O–H groups in total. The molecule has 1 aromatic heterocycles. The van der Waals surface area contributed by atoms with Gasteiger partial charge in [0.1, 0.15) is 11.8 Å². The molecule has 0 aliphatic carbocycles. The summed E-state index contributed by atoms with van der Waals surface area (Å²) in [7, 11) is 1.44. The summed E-state index contributed by atoms with van der Waals surface area (Å²) in [6.07, 6.45) is 1.02. The smallest absolute Gasteiger partial charge is 0.293 e. The van der Waals surface area contributed by atoms with Crippen molar-refractivity contribution in [2.45, 2.75) is 58.7 Å². The number of likely N-dealkylation sites (N-methyl/N-ethyl adjacent to an activating group) is 1. The van der Waals surface area contributed by atoms with Gasteiger partial charge >= 0.3 is 0 Å². The van der Waals surface area contributed by atoms with Gasteiger partial charge in [-0.25, -0.2) is 0 Å². The minimum atomic E-state index is -1.25. The van der Waals surface area contributed by atoms with Gasteiger partial charge in [0.15, 0.2) is 11.5 Å². The van der Waals surface area contributed by atoms with Crippen LogP contribution >= 0.6 is 11.8 Å². The number of rotatable bonds is 13. The number of imide groups is 1. The Bertz CT molecular complexity index is 1600. The number of hydrogen-bond donors (Lipinski definition) is 3. The Balaban J connectivity index is 1.45. The van der Waals surface area contributed by atoms with Crippen molar-refractivity contribution in [1.82, 2.24) is 20.7 Å². The van der Waals surface area contributed by atoms with Crippen molar-refractivity contribution in [3.63, 3.8) is 0 Å². The van der Waals surface area contributed by atoms with Gasteiger partial charge in [-0.2, -0.15) is 0 Å². The van der Waals surface area contributed by atoms with Gasteiger partial charge in [0.05, 0.1) is 11.0 Å². The first kappa shape index (κ1) is 33.3. The van der Waals surface area contributed by atoms with Gasteiger partial charge in [0.2, 0.25) is 5.91 Å². The van der Waals surface area contributed by atoms with Crippen LogP contribution in [-0.2, 0) is 27.3 Å². The van der Waals surface area contributed by atoms with Crippen LogP contribution in [0.4, 0.5) is 4.79 Å². The third-order valence-corrected chi connectivity index (χ3v) is 8.39. The van der Waals surface area contributed by atoms with Crippen LogP contribution in [0.15, 0.2) is 64.0 Å². The lowest BCUT2D eigenvalue weighted by molar-refractivity contribution is -0.131. The lowest BCUT2D eigenvalue weighted by Crippen LogP contribution is -2.49. The zero-order valence-electron chi connectivity index (χ0n) is 25.5. The van der Waals surface area contributed by atoms with Gasteiger partial charge in [-0.3, -0.25) is 28.9 Å². The lowest BCUT2D eigenvalue weighted by atomic mass is 9.90. The maximum Gasteiger partial charge on any atom is 0.293 e. The van der Waals surface area contributed by atoms with Crippen LogP contribution in [0, 0.1) is 19.8 Å². The predicted molar refractivity (Wildman–Crippen MR) is 169 cm³/mol. The highest BCUT2D eigenvalue weighted by Crippen LogP contribution is 2.31. The van der Waals surface area contributed by atoms with Gasteiger partial charge in [0.25, 0.3) is 17.1 Å². The van der Waals surface area contributed by atoms with Gasteiger partial charge < -0.3 is 20.3 Å². The number of amides is 4. The number of aryl methyl sites for hydroxylation is 3. The molecule has 0 bridgehead atoms. The van der Waals surface area contributed by atoms with Crippen molar-refractivity contribution in [2.75, 3.05) is 7.05 Å². The number of carbonyl (C=O) groups is 5. The zero-order valence-corrected chi connectivity index (χ0v) is 26.3. The molecule has 0 unspecified atom stereocenters. The van der Waals surface area contributed by atoms with Gasteiger partial charge in [-0.1, -0.05) is 59.3 Å². The van der Waals surface area contributed by atoms with Crippen LogP contribution in [0.3, 0.4) is 0 Å². The molecule has 2 aromatic carbocycles. The number of aliphatic hydroxyl groups excluding tert-OH is 1. The van der Waals surface area contributed by atoms with E-state index in [4.69, 9.17) is 4.52 Å². The van der Waals surface area contributed by atoms with Crippen LogP contribution < -0.4 is 10.6 Å². The fourth-order valence-corrected chi connectivity index (χ4v) is 5.54. The van der Waals surface area contributed by atoms with E-state index in [-0.39, 0.29) is 35.7 Å². The highest BCUT2D eigenvalue weighted by Gasteiger charge is 2.32. The summed E-state index contributed by atoms with van der Waals surface area (Å²) in [6.45, 7) is 5.28. The van der Waals surface area contributed by atoms with Crippen LogP contribution in [0.2, 0.25) is 0 Å². The second-order valence-electron chi connectivity index (χ2n) is 11.1. The molecule has 3 atom stereocenters. The summed E-state index contributed by atoms with van der Waals surface area (Å²) < 4.78 is 4.94. The molecule has 1 aliphatic heterocycles. The highest BCUT2D eigenvalue weighted by molar-refractivity contribution is 8.18. The number of nitrogens with zero attached hydrogens (tertiary/aromatic N) is 2. The standard InChI is InChI=1S/C33H36N4O7S/c1-19-5-7-24(8-6-19)18-34-30(40)25(17-27(39)29(21(3)38)35-31(41)26-15-20(2)44-36-26)14-13-22-9-11-23(12-10-22)16-28-32(42)37(4)33(43)45-28/h5-12,15-16,21,25,29,38H,13-14,17-18H2,1-4H3,(H,34,40)(H,35,41)/t21-,25-,29+/m1/s1. The molecule has 4 amide bonds. The molecule has 0 spiro atoms. The van der Waals surface area contributed by atoms with E-state index in [1.165, 1.54) is 20.0 Å². The molecular weight excluding hydrogens is 596 g/mol. The summed E-state index contributed by atoms with van der Waals surface area (Å²) in [5.74, 6) is -2.15. The SMILES string of the molecule is Cc1ccc(CNC(=O)[C@H](CCc2ccc(C=C3SC(=O)N(C)C3=O)cc2)CC(=O)[C@@H](NC(=O)c2cc(C)on2)[C@@H](C)O)cc1. The Kier molecular flexibility index (Phi) is 11.1. The summed E-state index contributed by atoms with van der Waals surface area (Å²) in [6, 6.07) is 15.3. The van der Waals surface area contributed by atoms with Crippen molar-refractivity contribution < 1.29 is 33.6 Å². The molecule has 12 heteroatoms. The molecule has 236 valence electrons. The Labute approximate surface area is 265 Å². The third kappa shape index (κ3) is 8.99. The summed E-state index contributed by atoms with van der Waals surface area (Å²) in [4.78, 5) is 64.9. The fraction of sp³-hybridized carbons (Fsp3) is 0.333. The minimum Gasteiger partial charge on any atom is -0.391 e. The molecule has 1 aliphatic rings. The van der Waals surface area contributed by atoms with E-state index < -0.39 is 29.8 Å². The van der Waals surface area contributed by atoms with E-state index in [1.807, 2.05) is 55.5 Å². The number of ketones is 1. The summed E-state index contributed by atoms with van der Waals surface area (Å²) in [5, 5.41) is 19.1. The molecule has 2 heterocycles. The summed E-state index contributed by atoms with van der Waals surface area (Å²) >= 11 is 0.885. The van der Waals surface area contributed by atoms with Crippen molar-refractivity contribution in [3.8, 4) is 0 Å². The summed E-state index contributed by atoms with van der Waals surface area (Å²) in [5.41, 5.74) is 3.64. The Hall–Kier alpha value is -4.55. The average molecular weight is 633 g/mol. The molecular formula is C33H36N4O7S. The first-order valence-corrected chi connectivity index (χ1v) is 15.3. The number of hydrogen-bond acceptors (Lipinski definition) is 9. The number of nitrogens with one attached hydrogen (secondary N) is 2. The molecule has 1 fully saturated rings. The molecule has 45 heavy (non-hydrogen) atoms. The van der Waals surface area contributed by atoms with Crippen LogP contribution in [0.5, 0.6) is 0 Å². The average Bonchev–Trinajstić information content (AvgIpc) is 3.56. The molecule has 4 rings (SSSR count). The second-order valence-corrected chi connectivity index (χ2v) is 12.1. The Morgan fingerprint density at radius 3 is 2.29 bits per heavy atom. The van der Waals surface area contributed by atoms with Gasteiger partial charge in [0, 0.05) is 32.0 Å². The number of aliphatic hydroxyl groups is 1. The van der Waals surface area contributed by atoms with Crippen molar-refractivity contribution in [1.29, 1.82) is 0 Å². The van der Waals surface area contributed by atoms with E-state index in [0.717, 1.165) is 38.9 Å². The largest absolute Gasteiger partial charge is 0.391 e. The highest BCUT2D eigenvalue weighted by atomic mass is 32.2. The maximum absolute atomic E-state index is 13.4. The molecule has 3 aromatic rings. The van der Waals surface area contributed by atoms with E-state index in [2.05, 4.69) is 15.8 Å². The molecule has 0 saturated carbocycles.